The van der Waals surface area contributed by atoms with Crippen molar-refractivity contribution in [3.8, 4) is 21.4 Å². The van der Waals surface area contributed by atoms with E-state index < -0.39 is 0 Å². The Labute approximate surface area is 132 Å². The van der Waals surface area contributed by atoms with E-state index >= 15 is 0 Å². The maximum absolute atomic E-state index is 6.18. The first kappa shape index (κ1) is 12.9. The van der Waals surface area contributed by atoms with Gasteiger partial charge in [0.25, 0.3) is 0 Å². The maximum atomic E-state index is 6.18. The second kappa shape index (κ2) is 4.62. The van der Waals surface area contributed by atoms with Crippen LogP contribution >= 0.6 is 34.3 Å². The van der Waals surface area contributed by atoms with Gasteiger partial charge in [-0.3, -0.25) is 4.68 Å². The molecule has 0 amide bonds. The Bertz CT molecular complexity index is 927. The van der Waals surface area contributed by atoms with Crippen LogP contribution in [0.25, 0.3) is 26.4 Å². The van der Waals surface area contributed by atoms with Gasteiger partial charge in [0.05, 0.1) is 16.1 Å². The lowest BCUT2D eigenvalue weighted by Crippen LogP contribution is -1.98. The van der Waals surface area contributed by atoms with Crippen molar-refractivity contribution in [2.24, 2.45) is 7.05 Å². The highest BCUT2D eigenvalue weighted by atomic mass is 35.5. The van der Waals surface area contributed by atoms with Crippen LogP contribution in [0.4, 0.5) is 0 Å². The summed E-state index contributed by atoms with van der Waals surface area (Å²) in [6.07, 6.45) is 1.59. The highest BCUT2D eigenvalue weighted by molar-refractivity contribution is 7.24. The summed E-state index contributed by atoms with van der Waals surface area (Å²) in [4.78, 5) is 1.90. The molecule has 106 valence electrons. The number of hydrogen-bond donors (Lipinski definition) is 0. The average Bonchev–Trinajstić information content (AvgIpc) is 3.16. The topological polar surface area (TPSA) is 60.9 Å². The zero-order chi connectivity index (χ0) is 14.6. The highest BCUT2D eigenvalue weighted by Gasteiger charge is 2.20. The molecule has 0 aliphatic rings. The van der Waals surface area contributed by atoms with Crippen LogP contribution in [0.3, 0.4) is 0 Å². The fraction of sp³-hybridized carbons (Fsp3) is 0.167. The molecule has 0 fully saturated rings. The van der Waals surface area contributed by atoms with E-state index in [0.29, 0.717) is 16.5 Å². The SMILES string of the molecule is Cc1ccsc1-c1nn2c(-c3c(Cl)cnn3C)nnc2s1. The van der Waals surface area contributed by atoms with Crippen molar-refractivity contribution >= 4 is 39.2 Å². The molecule has 0 spiro atoms. The number of aromatic nitrogens is 6. The second-order valence-corrected chi connectivity index (χ2v) is 6.80. The van der Waals surface area contributed by atoms with Gasteiger partial charge in [0, 0.05) is 7.05 Å². The quantitative estimate of drug-likeness (QED) is 0.563. The maximum Gasteiger partial charge on any atom is 0.235 e. The van der Waals surface area contributed by atoms with E-state index in [-0.39, 0.29) is 0 Å². The van der Waals surface area contributed by atoms with E-state index in [9.17, 15) is 0 Å². The molecule has 0 aromatic carbocycles. The minimum absolute atomic E-state index is 0.536. The Hall–Kier alpha value is -1.77. The van der Waals surface area contributed by atoms with Gasteiger partial charge in [-0.1, -0.05) is 22.9 Å². The summed E-state index contributed by atoms with van der Waals surface area (Å²) in [5.41, 5.74) is 1.92. The minimum atomic E-state index is 0.536. The average molecular weight is 337 g/mol. The van der Waals surface area contributed by atoms with Gasteiger partial charge >= 0.3 is 0 Å². The summed E-state index contributed by atoms with van der Waals surface area (Å²) in [5, 5.41) is 20.7. The largest absolute Gasteiger partial charge is 0.263 e. The third-order valence-electron chi connectivity index (χ3n) is 3.15. The zero-order valence-electron chi connectivity index (χ0n) is 11.1. The van der Waals surface area contributed by atoms with Crippen LogP contribution in [-0.4, -0.2) is 29.6 Å². The van der Waals surface area contributed by atoms with Crippen molar-refractivity contribution in [3.63, 3.8) is 0 Å². The minimum Gasteiger partial charge on any atom is -0.263 e. The lowest BCUT2D eigenvalue weighted by atomic mass is 10.3. The molecule has 0 unspecified atom stereocenters. The summed E-state index contributed by atoms with van der Waals surface area (Å²) in [6.45, 7) is 2.08. The molecule has 0 N–H and O–H groups in total. The van der Waals surface area contributed by atoms with Crippen LogP contribution in [0, 0.1) is 6.92 Å². The molecule has 21 heavy (non-hydrogen) atoms. The number of fused-ring (bicyclic) bond motifs is 1. The molecule has 9 heteroatoms. The molecule has 0 saturated carbocycles. The Morgan fingerprint density at radius 3 is 2.81 bits per heavy atom. The van der Waals surface area contributed by atoms with Crippen LogP contribution in [0.5, 0.6) is 0 Å². The fourth-order valence-corrected chi connectivity index (χ4v) is 4.28. The normalized spacial score (nSPS) is 11.6. The van der Waals surface area contributed by atoms with Gasteiger partial charge in [-0.05, 0) is 23.9 Å². The van der Waals surface area contributed by atoms with Crippen LogP contribution in [0.15, 0.2) is 17.6 Å². The summed E-state index contributed by atoms with van der Waals surface area (Å²) in [5.74, 6) is 0.603. The van der Waals surface area contributed by atoms with Crippen molar-refractivity contribution in [2.75, 3.05) is 0 Å². The molecule has 0 atom stereocenters. The van der Waals surface area contributed by atoms with E-state index in [1.165, 1.54) is 16.9 Å². The number of thiophene rings is 1. The van der Waals surface area contributed by atoms with Gasteiger partial charge in [0.1, 0.15) is 5.69 Å². The number of rotatable bonds is 2. The van der Waals surface area contributed by atoms with Gasteiger partial charge < -0.3 is 0 Å². The highest BCUT2D eigenvalue weighted by Crippen LogP contribution is 2.34. The fourth-order valence-electron chi connectivity index (χ4n) is 2.11. The lowest BCUT2D eigenvalue weighted by molar-refractivity contribution is 0.764. The first-order chi connectivity index (χ1) is 10.1. The summed E-state index contributed by atoms with van der Waals surface area (Å²) < 4.78 is 3.40. The van der Waals surface area contributed by atoms with Crippen LogP contribution in [0.1, 0.15) is 5.56 Å². The predicted molar refractivity (Wildman–Crippen MR) is 83.9 cm³/mol. The van der Waals surface area contributed by atoms with Gasteiger partial charge in [-0.25, -0.2) is 0 Å². The molecule has 0 bridgehead atoms. The Morgan fingerprint density at radius 1 is 1.29 bits per heavy atom. The molecule has 4 heterocycles. The molecular weight excluding hydrogens is 328 g/mol. The van der Waals surface area contributed by atoms with Crippen molar-refractivity contribution in [1.82, 2.24) is 29.6 Å². The van der Waals surface area contributed by atoms with Gasteiger partial charge in [-0.2, -0.15) is 14.7 Å². The number of nitrogens with zero attached hydrogens (tertiary/aromatic N) is 6. The molecule has 4 aromatic heterocycles. The third-order valence-corrected chi connectivity index (χ3v) is 5.50. The van der Waals surface area contributed by atoms with E-state index in [1.54, 1.807) is 26.7 Å². The van der Waals surface area contributed by atoms with Gasteiger partial charge in [-0.15, -0.1) is 21.5 Å². The van der Waals surface area contributed by atoms with Crippen LogP contribution < -0.4 is 0 Å². The third kappa shape index (κ3) is 1.90. The van der Waals surface area contributed by atoms with Gasteiger partial charge in [0.15, 0.2) is 5.01 Å². The smallest absolute Gasteiger partial charge is 0.235 e. The van der Waals surface area contributed by atoms with E-state index in [0.717, 1.165) is 14.8 Å². The molecule has 4 aromatic rings. The van der Waals surface area contributed by atoms with Crippen LogP contribution in [-0.2, 0) is 7.05 Å². The van der Waals surface area contributed by atoms with E-state index in [4.69, 9.17) is 11.6 Å². The summed E-state index contributed by atoms with van der Waals surface area (Å²) in [7, 11) is 1.82. The van der Waals surface area contributed by atoms with E-state index in [2.05, 4.69) is 38.8 Å². The first-order valence-electron chi connectivity index (χ1n) is 6.09. The standard InChI is InChI=1S/C12H9ClN6S2/c1-6-3-4-20-9(6)11-17-19-10(15-16-12(19)21-11)8-7(13)5-14-18(8)2/h3-5H,1-2H3. The summed E-state index contributed by atoms with van der Waals surface area (Å²) >= 11 is 9.37. The number of halogens is 1. The van der Waals surface area contributed by atoms with Gasteiger partial charge in [0.2, 0.25) is 10.8 Å². The Kier molecular flexibility index (Phi) is 2.84. The van der Waals surface area contributed by atoms with Crippen molar-refractivity contribution in [3.05, 3.63) is 28.2 Å². The van der Waals surface area contributed by atoms with Crippen molar-refractivity contribution in [2.45, 2.75) is 6.92 Å². The van der Waals surface area contributed by atoms with Crippen LogP contribution in [0.2, 0.25) is 5.02 Å². The second-order valence-electron chi connectivity index (χ2n) is 4.52. The first-order valence-corrected chi connectivity index (χ1v) is 8.17. The molecule has 0 radical (unpaired) electrons. The molecule has 4 rings (SSSR count). The Balaban J connectivity index is 1.93. The number of aryl methyl sites for hydroxylation is 2. The van der Waals surface area contributed by atoms with Crippen molar-refractivity contribution in [1.29, 1.82) is 0 Å². The Morgan fingerprint density at radius 2 is 2.14 bits per heavy atom. The molecule has 0 saturated heterocycles. The number of hydrogen-bond acceptors (Lipinski definition) is 6. The molecule has 0 aliphatic carbocycles. The predicted octanol–water partition coefficient (Wildman–Crippen LogP) is 3.28. The lowest BCUT2D eigenvalue weighted by Gasteiger charge is -1.98. The monoisotopic (exact) mass is 336 g/mol. The molecule has 0 aliphatic heterocycles. The molecular formula is C12H9ClN6S2. The summed E-state index contributed by atoms with van der Waals surface area (Å²) in [6, 6.07) is 2.08. The van der Waals surface area contributed by atoms with Crippen molar-refractivity contribution < 1.29 is 0 Å². The molecule has 6 nitrogen and oxygen atoms in total. The van der Waals surface area contributed by atoms with E-state index in [1.807, 2.05) is 7.05 Å². The zero-order valence-corrected chi connectivity index (χ0v) is 13.5.